The number of nitro groups is 1. The van der Waals surface area contributed by atoms with Crippen molar-refractivity contribution < 1.29 is 14.4 Å². The number of anilines is 1. The number of ether oxygens (including phenoxy) is 2. The predicted octanol–water partition coefficient (Wildman–Crippen LogP) is 4.60. The molecule has 0 saturated carbocycles. The van der Waals surface area contributed by atoms with Crippen LogP contribution in [-0.2, 0) is 6.42 Å². The lowest BCUT2D eigenvalue weighted by atomic mass is 9.92. The number of aromatic nitrogens is 1. The van der Waals surface area contributed by atoms with Crippen molar-refractivity contribution >= 4 is 27.9 Å². The molecule has 0 bridgehead atoms. The van der Waals surface area contributed by atoms with Gasteiger partial charge >= 0.3 is 0 Å². The van der Waals surface area contributed by atoms with E-state index < -0.39 is 0 Å². The summed E-state index contributed by atoms with van der Waals surface area (Å²) >= 11 is 1.52. The number of nitro benzene ring substituents is 1. The van der Waals surface area contributed by atoms with Gasteiger partial charge in [0.15, 0.2) is 11.5 Å². The minimum Gasteiger partial charge on any atom is -0.454 e. The molecule has 0 saturated heterocycles. The third-order valence-corrected chi connectivity index (χ3v) is 6.32. The Morgan fingerprint density at radius 3 is 2.52 bits per heavy atom. The molecule has 0 spiro atoms. The summed E-state index contributed by atoms with van der Waals surface area (Å²) in [5.41, 5.74) is 4.90. The zero-order valence-electron chi connectivity index (χ0n) is 17.3. The number of nitrogens with zero attached hydrogens (tertiary/aromatic N) is 4. The van der Waals surface area contributed by atoms with Crippen LogP contribution in [0.2, 0.25) is 0 Å². The average molecular weight is 436 g/mol. The average Bonchev–Trinajstić information content (AvgIpc) is 3.36. The molecule has 0 unspecified atom stereocenters. The highest BCUT2D eigenvalue weighted by Crippen LogP contribution is 2.39. The molecule has 3 aromatic rings. The molecule has 0 fully saturated rings. The van der Waals surface area contributed by atoms with E-state index in [1.54, 1.807) is 20.0 Å². The number of hydrazone groups is 1. The van der Waals surface area contributed by atoms with Crippen molar-refractivity contribution in [2.75, 3.05) is 11.8 Å². The standard InChI is InChI=1S/C22H20N4O4S/c1-12-6-16(7-13(2)21(12)26(27)28)20-17-10-19-18(29-11-30-19)9-15(17)8-14(3)25(24-20)22-23-4-5-31-22/h4-7,9-10,14H,8,11H2,1-3H3/t14-/m1/s1. The molecule has 1 atom stereocenters. The number of aryl methyl sites for hydroxylation is 2. The van der Waals surface area contributed by atoms with Gasteiger partial charge in [-0.15, -0.1) is 11.3 Å². The second-order valence-corrected chi connectivity index (χ2v) is 8.61. The highest BCUT2D eigenvalue weighted by atomic mass is 32.1. The van der Waals surface area contributed by atoms with E-state index >= 15 is 0 Å². The van der Waals surface area contributed by atoms with Crippen molar-refractivity contribution in [2.45, 2.75) is 33.2 Å². The van der Waals surface area contributed by atoms with Gasteiger partial charge in [-0.1, -0.05) is 0 Å². The largest absolute Gasteiger partial charge is 0.454 e. The molecule has 0 aliphatic carbocycles. The van der Waals surface area contributed by atoms with Crippen LogP contribution in [0.4, 0.5) is 10.8 Å². The van der Waals surface area contributed by atoms with E-state index in [2.05, 4.69) is 11.9 Å². The molecule has 2 aromatic carbocycles. The summed E-state index contributed by atoms with van der Waals surface area (Å²) in [4.78, 5) is 15.6. The second kappa shape index (κ2) is 7.35. The van der Waals surface area contributed by atoms with Gasteiger partial charge in [0.25, 0.3) is 5.69 Å². The van der Waals surface area contributed by atoms with Gasteiger partial charge in [0, 0.05) is 33.8 Å². The molecule has 0 radical (unpaired) electrons. The Kier molecular flexibility index (Phi) is 4.62. The smallest absolute Gasteiger partial charge is 0.275 e. The van der Waals surface area contributed by atoms with Gasteiger partial charge in [0.1, 0.15) is 0 Å². The molecule has 31 heavy (non-hydrogen) atoms. The van der Waals surface area contributed by atoms with E-state index in [0.717, 1.165) is 39.7 Å². The fraction of sp³-hybridized carbons (Fsp3) is 0.273. The molecular formula is C22H20N4O4S. The van der Waals surface area contributed by atoms with Gasteiger partial charge in [0.05, 0.1) is 16.7 Å². The SMILES string of the molecule is Cc1cc(C2=NN(c3nccs3)[C@H](C)Cc3cc4c(cc32)OCO4)cc(C)c1[N+](=O)[O-]. The van der Waals surface area contributed by atoms with Gasteiger partial charge in [-0.2, -0.15) is 5.10 Å². The minimum absolute atomic E-state index is 0.0583. The number of rotatable bonds is 3. The molecule has 2 aliphatic rings. The molecule has 3 heterocycles. The van der Waals surface area contributed by atoms with E-state index in [1.165, 1.54) is 11.3 Å². The lowest BCUT2D eigenvalue weighted by Crippen LogP contribution is -2.29. The van der Waals surface area contributed by atoms with Gasteiger partial charge in [-0.25, -0.2) is 9.99 Å². The highest BCUT2D eigenvalue weighted by Gasteiger charge is 2.29. The van der Waals surface area contributed by atoms with Crippen LogP contribution < -0.4 is 14.5 Å². The van der Waals surface area contributed by atoms with Crippen LogP contribution in [0.3, 0.4) is 0 Å². The van der Waals surface area contributed by atoms with Crippen molar-refractivity contribution in [3.8, 4) is 11.5 Å². The summed E-state index contributed by atoms with van der Waals surface area (Å²) < 4.78 is 11.2. The molecule has 8 nitrogen and oxygen atoms in total. The van der Waals surface area contributed by atoms with E-state index in [1.807, 2.05) is 34.7 Å². The van der Waals surface area contributed by atoms with E-state index in [9.17, 15) is 10.1 Å². The number of hydrogen-bond acceptors (Lipinski definition) is 8. The molecule has 2 aliphatic heterocycles. The zero-order chi connectivity index (χ0) is 21.7. The number of thiazole rings is 1. The van der Waals surface area contributed by atoms with Gasteiger partial charge in [0.2, 0.25) is 11.9 Å². The summed E-state index contributed by atoms with van der Waals surface area (Å²) in [5, 5.41) is 21.2. The first-order chi connectivity index (χ1) is 14.9. The van der Waals surface area contributed by atoms with Gasteiger partial charge in [-0.3, -0.25) is 10.1 Å². The maximum absolute atomic E-state index is 11.5. The number of benzene rings is 2. The Balaban J connectivity index is 1.74. The maximum atomic E-state index is 11.5. The molecule has 158 valence electrons. The first-order valence-corrected chi connectivity index (χ1v) is 10.8. The van der Waals surface area contributed by atoms with Crippen molar-refractivity contribution in [3.63, 3.8) is 0 Å². The highest BCUT2D eigenvalue weighted by molar-refractivity contribution is 7.13. The van der Waals surface area contributed by atoms with Crippen molar-refractivity contribution in [1.82, 2.24) is 4.98 Å². The Labute approximate surface area is 182 Å². The lowest BCUT2D eigenvalue weighted by molar-refractivity contribution is -0.386. The fourth-order valence-corrected chi connectivity index (χ4v) is 4.89. The van der Waals surface area contributed by atoms with Crippen molar-refractivity contribution in [2.24, 2.45) is 5.10 Å². The van der Waals surface area contributed by atoms with Crippen molar-refractivity contribution in [1.29, 1.82) is 0 Å². The summed E-state index contributed by atoms with van der Waals surface area (Å²) in [6.07, 6.45) is 2.50. The Morgan fingerprint density at radius 2 is 1.87 bits per heavy atom. The fourth-order valence-electron chi connectivity index (χ4n) is 4.19. The topological polar surface area (TPSA) is 90.1 Å². The zero-order valence-corrected chi connectivity index (χ0v) is 18.1. The number of hydrogen-bond donors (Lipinski definition) is 0. The minimum atomic E-state index is -0.334. The van der Waals surface area contributed by atoms with Crippen LogP contribution >= 0.6 is 11.3 Å². The van der Waals surface area contributed by atoms with Crippen LogP contribution in [0, 0.1) is 24.0 Å². The van der Waals surface area contributed by atoms with Crippen LogP contribution in [0.1, 0.15) is 34.7 Å². The van der Waals surface area contributed by atoms with Gasteiger partial charge in [-0.05, 0) is 57.0 Å². The first kappa shape index (κ1) is 19.5. The van der Waals surface area contributed by atoms with Crippen LogP contribution in [-0.4, -0.2) is 28.5 Å². The molecule has 0 amide bonds. The Morgan fingerprint density at radius 1 is 1.16 bits per heavy atom. The third kappa shape index (κ3) is 3.31. The van der Waals surface area contributed by atoms with Crippen LogP contribution in [0.25, 0.3) is 0 Å². The lowest BCUT2D eigenvalue weighted by Gasteiger charge is -2.22. The predicted molar refractivity (Wildman–Crippen MR) is 119 cm³/mol. The Hall–Kier alpha value is -3.46. The Bertz CT molecular complexity index is 1200. The second-order valence-electron chi connectivity index (χ2n) is 7.74. The molecule has 9 heteroatoms. The number of fused-ring (bicyclic) bond motifs is 2. The summed E-state index contributed by atoms with van der Waals surface area (Å²) in [7, 11) is 0. The summed E-state index contributed by atoms with van der Waals surface area (Å²) in [6, 6.07) is 7.69. The van der Waals surface area contributed by atoms with Gasteiger partial charge < -0.3 is 9.47 Å². The normalized spacial score (nSPS) is 17.2. The first-order valence-electron chi connectivity index (χ1n) is 9.88. The molecule has 1 aromatic heterocycles. The monoisotopic (exact) mass is 436 g/mol. The molecule has 5 rings (SSSR count). The maximum Gasteiger partial charge on any atom is 0.275 e. The van der Waals surface area contributed by atoms with Crippen LogP contribution in [0.5, 0.6) is 11.5 Å². The third-order valence-electron chi connectivity index (χ3n) is 5.56. The van der Waals surface area contributed by atoms with Crippen molar-refractivity contribution in [3.05, 3.63) is 73.8 Å². The summed E-state index contributed by atoms with van der Waals surface area (Å²) in [5.74, 6) is 1.40. The molecular weight excluding hydrogens is 416 g/mol. The van der Waals surface area contributed by atoms with Crippen LogP contribution in [0.15, 0.2) is 40.9 Å². The van der Waals surface area contributed by atoms with E-state index in [-0.39, 0.29) is 23.4 Å². The quantitative estimate of drug-likeness (QED) is 0.440. The van der Waals surface area contributed by atoms with E-state index in [4.69, 9.17) is 14.6 Å². The molecule has 0 N–H and O–H groups in total. The summed E-state index contributed by atoms with van der Waals surface area (Å²) in [6.45, 7) is 5.82. The van der Waals surface area contributed by atoms with E-state index in [0.29, 0.717) is 16.9 Å².